The van der Waals surface area contributed by atoms with Crippen LogP contribution in [-0.4, -0.2) is 36.0 Å². The molecule has 0 amide bonds. The van der Waals surface area contributed by atoms with E-state index in [0.29, 0.717) is 16.5 Å². The van der Waals surface area contributed by atoms with Crippen molar-refractivity contribution >= 4 is 55.2 Å². The van der Waals surface area contributed by atoms with Crippen molar-refractivity contribution in [2.45, 2.75) is 10.7 Å². The molecule has 0 bridgehead atoms. The lowest BCUT2D eigenvalue weighted by atomic mass is 10.1. The number of methoxy groups -OCH3 is 2. The Morgan fingerprint density at radius 1 is 0.900 bits per heavy atom. The average Bonchev–Trinajstić information content (AvgIpc) is 2.76. The number of ether oxygens (including phenoxy) is 2. The summed E-state index contributed by atoms with van der Waals surface area (Å²) in [4.78, 5) is 42.7. The second-order valence-electron chi connectivity index (χ2n) is 5.41. The van der Waals surface area contributed by atoms with Crippen molar-refractivity contribution in [3.63, 3.8) is 0 Å². The van der Waals surface area contributed by atoms with Crippen LogP contribution < -0.4 is 0 Å². The largest absolute Gasteiger partial charge is 0.465 e. The van der Waals surface area contributed by atoms with E-state index in [2.05, 4.69) is 41.3 Å². The van der Waals surface area contributed by atoms with Gasteiger partial charge >= 0.3 is 11.9 Å². The van der Waals surface area contributed by atoms with Gasteiger partial charge in [0.2, 0.25) is 0 Å². The number of nitro benzene ring substituents is 2. The molecule has 0 saturated heterocycles. The number of rotatable bonds is 6. The number of alkyl halides is 2. The zero-order chi connectivity index (χ0) is 22.8. The molecule has 0 aliphatic rings. The summed E-state index contributed by atoms with van der Waals surface area (Å²) >= 11 is 6.30. The normalized spacial score (nSPS) is 9.73. The van der Waals surface area contributed by atoms with Gasteiger partial charge in [0.1, 0.15) is 0 Å². The molecule has 0 aliphatic heterocycles. The van der Waals surface area contributed by atoms with Gasteiger partial charge in [-0.1, -0.05) is 44.0 Å². The van der Waals surface area contributed by atoms with Crippen LogP contribution in [0.2, 0.25) is 0 Å². The monoisotopic (exact) mass is 546 g/mol. The standard InChI is InChI=1S/2C9H8BrNO4/c1-15-9(12)8-4-7(11(13)14)3-2-6(8)5-10;1-15-9(12)6-3-2-4-8(11(13)14)7(6)5-10/h2*2-4H,5H2,1H3. The third-order valence-electron chi connectivity index (χ3n) is 3.74. The Labute approximate surface area is 187 Å². The lowest BCUT2D eigenvalue weighted by Gasteiger charge is -2.05. The molecule has 12 heteroatoms. The molecule has 0 heterocycles. The maximum atomic E-state index is 11.3. The number of carbonyl (C=O) groups is 2. The Kier molecular flexibility index (Phi) is 10.1. The zero-order valence-electron chi connectivity index (χ0n) is 15.8. The highest BCUT2D eigenvalue weighted by Gasteiger charge is 2.20. The Morgan fingerprint density at radius 2 is 1.50 bits per heavy atom. The van der Waals surface area contributed by atoms with Crippen LogP contribution in [0.3, 0.4) is 0 Å². The maximum Gasteiger partial charge on any atom is 0.338 e. The van der Waals surface area contributed by atoms with Gasteiger partial charge in [0.25, 0.3) is 11.4 Å². The predicted molar refractivity (Wildman–Crippen MR) is 114 cm³/mol. The number of nitro groups is 2. The maximum absolute atomic E-state index is 11.3. The molecule has 2 aromatic rings. The van der Waals surface area contributed by atoms with Crippen LogP contribution in [0.15, 0.2) is 36.4 Å². The van der Waals surface area contributed by atoms with Crippen LogP contribution in [-0.2, 0) is 20.1 Å². The topological polar surface area (TPSA) is 139 Å². The molecule has 0 atom stereocenters. The lowest BCUT2D eigenvalue weighted by molar-refractivity contribution is -0.385. The van der Waals surface area contributed by atoms with E-state index in [1.807, 2.05) is 0 Å². The van der Waals surface area contributed by atoms with E-state index in [0.717, 1.165) is 0 Å². The van der Waals surface area contributed by atoms with E-state index in [1.54, 1.807) is 0 Å². The predicted octanol–water partition coefficient (Wildman–Crippen LogP) is 4.55. The number of carbonyl (C=O) groups excluding carboxylic acids is 2. The van der Waals surface area contributed by atoms with Crippen LogP contribution in [0.4, 0.5) is 11.4 Å². The van der Waals surface area contributed by atoms with Crippen molar-refractivity contribution in [3.05, 3.63) is 78.9 Å². The van der Waals surface area contributed by atoms with Gasteiger partial charge < -0.3 is 9.47 Å². The average molecular weight is 548 g/mol. The van der Waals surface area contributed by atoms with E-state index < -0.39 is 21.8 Å². The van der Waals surface area contributed by atoms with Crippen molar-refractivity contribution in [2.75, 3.05) is 14.2 Å². The van der Waals surface area contributed by atoms with Gasteiger partial charge in [-0.3, -0.25) is 20.2 Å². The molecule has 30 heavy (non-hydrogen) atoms. The quantitative estimate of drug-likeness (QED) is 0.222. The number of hydrogen-bond acceptors (Lipinski definition) is 8. The Hall–Kier alpha value is -2.86. The summed E-state index contributed by atoms with van der Waals surface area (Å²) in [6.07, 6.45) is 0. The molecule has 0 spiro atoms. The highest BCUT2D eigenvalue weighted by atomic mass is 79.9. The number of esters is 2. The summed E-state index contributed by atoms with van der Waals surface area (Å²) in [5.41, 5.74) is 1.20. The molecule has 160 valence electrons. The van der Waals surface area contributed by atoms with Crippen LogP contribution in [0, 0.1) is 20.2 Å². The highest BCUT2D eigenvalue weighted by molar-refractivity contribution is 9.08. The van der Waals surface area contributed by atoms with E-state index in [-0.39, 0.29) is 27.8 Å². The molecule has 0 radical (unpaired) electrons. The molecule has 2 aromatic carbocycles. The van der Waals surface area contributed by atoms with Gasteiger partial charge in [0.05, 0.1) is 40.8 Å². The first-order valence-electron chi connectivity index (χ1n) is 8.03. The minimum Gasteiger partial charge on any atom is -0.465 e. The molecule has 2 rings (SSSR count). The molecular formula is C18H16Br2N2O8. The fourth-order valence-corrected chi connectivity index (χ4v) is 3.36. The minimum atomic E-state index is -0.576. The van der Waals surface area contributed by atoms with E-state index in [9.17, 15) is 29.8 Å². The first-order chi connectivity index (χ1) is 14.2. The summed E-state index contributed by atoms with van der Waals surface area (Å²) in [5, 5.41) is 21.9. The number of hydrogen-bond donors (Lipinski definition) is 0. The Morgan fingerprint density at radius 3 is 1.97 bits per heavy atom. The molecule has 0 saturated carbocycles. The molecule has 0 N–H and O–H groups in total. The summed E-state index contributed by atoms with van der Waals surface area (Å²) in [6, 6.07) is 8.39. The lowest BCUT2D eigenvalue weighted by Crippen LogP contribution is -2.07. The number of halogens is 2. The number of non-ortho nitro benzene ring substituents is 1. The van der Waals surface area contributed by atoms with E-state index >= 15 is 0 Å². The van der Waals surface area contributed by atoms with Gasteiger partial charge in [-0.25, -0.2) is 9.59 Å². The Bertz CT molecular complexity index is 951. The molecule has 0 unspecified atom stereocenters. The second kappa shape index (κ2) is 12.0. The van der Waals surface area contributed by atoms with E-state index in [4.69, 9.17) is 0 Å². The van der Waals surface area contributed by atoms with Crippen molar-refractivity contribution in [1.29, 1.82) is 0 Å². The van der Waals surface area contributed by atoms with Crippen molar-refractivity contribution in [1.82, 2.24) is 0 Å². The number of nitrogens with zero attached hydrogens (tertiary/aromatic N) is 2. The summed E-state index contributed by atoms with van der Waals surface area (Å²) in [6.45, 7) is 0. The second-order valence-corrected chi connectivity index (χ2v) is 6.53. The van der Waals surface area contributed by atoms with Gasteiger partial charge in [-0.05, 0) is 11.6 Å². The summed E-state index contributed by atoms with van der Waals surface area (Å²) < 4.78 is 9.06. The molecule has 0 aliphatic carbocycles. The van der Waals surface area contributed by atoms with Gasteiger partial charge in [0, 0.05) is 28.9 Å². The molecular weight excluding hydrogens is 532 g/mol. The van der Waals surface area contributed by atoms with Crippen LogP contribution in [0.25, 0.3) is 0 Å². The first kappa shape index (κ1) is 25.2. The van der Waals surface area contributed by atoms with Gasteiger partial charge in [-0.15, -0.1) is 0 Å². The summed E-state index contributed by atoms with van der Waals surface area (Å²) in [5.74, 6) is -1.15. The zero-order valence-corrected chi connectivity index (χ0v) is 19.0. The van der Waals surface area contributed by atoms with Crippen LogP contribution in [0.1, 0.15) is 31.8 Å². The smallest absolute Gasteiger partial charge is 0.338 e. The third kappa shape index (κ3) is 6.32. The first-order valence-corrected chi connectivity index (χ1v) is 10.3. The number of benzene rings is 2. The van der Waals surface area contributed by atoms with Crippen LogP contribution >= 0.6 is 31.9 Å². The van der Waals surface area contributed by atoms with Gasteiger partial charge in [0.15, 0.2) is 0 Å². The molecule has 0 fully saturated rings. The fourth-order valence-electron chi connectivity index (χ4n) is 2.28. The highest BCUT2D eigenvalue weighted by Crippen LogP contribution is 2.25. The fraction of sp³-hybridized carbons (Fsp3) is 0.222. The van der Waals surface area contributed by atoms with Crippen molar-refractivity contribution in [2.24, 2.45) is 0 Å². The Balaban J connectivity index is 0.000000300. The molecule has 0 aromatic heterocycles. The minimum absolute atomic E-state index is 0.0882. The van der Waals surface area contributed by atoms with E-state index in [1.165, 1.54) is 50.6 Å². The molecule has 10 nitrogen and oxygen atoms in total. The third-order valence-corrected chi connectivity index (χ3v) is 4.91. The van der Waals surface area contributed by atoms with Crippen molar-refractivity contribution < 1.29 is 28.9 Å². The van der Waals surface area contributed by atoms with Crippen molar-refractivity contribution in [3.8, 4) is 0 Å². The van der Waals surface area contributed by atoms with Crippen LogP contribution in [0.5, 0.6) is 0 Å². The summed E-state index contributed by atoms with van der Waals surface area (Å²) in [7, 11) is 2.47. The van der Waals surface area contributed by atoms with Gasteiger partial charge in [-0.2, -0.15) is 0 Å². The SMILES string of the molecule is COC(=O)c1cc([N+](=O)[O-])ccc1CBr.COC(=O)c1cccc([N+](=O)[O-])c1CBr.